The van der Waals surface area contributed by atoms with Crippen LogP contribution in [0.3, 0.4) is 0 Å². The maximum atomic E-state index is 12.6. The lowest BCUT2D eigenvalue weighted by Gasteiger charge is -2.34. The SMILES string of the molecule is O=S(=O)(N[C@H]1CCCN(c2ncccn2)C1)N1CCCCCC1. The van der Waals surface area contributed by atoms with Crippen molar-refractivity contribution in [1.82, 2.24) is 19.0 Å². The van der Waals surface area contributed by atoms with Crippen molar-refractivity contribution in [2.24, 2.45) is 0 Å². The van der Waals surface area contributed by atoms with Gasteiger partial charge in [-0.3, -0.25) is 0 Å². The Balaban J connectivity index is 1.62. The van der Waals surface area contributed by atoms with Gasteiger partial charge in [-0.2, -0.15) is 17.4 Å². The highest BCUT2D eigenvalue weighted by Crippen LogP contribution is 2.18. The van der Waals surface area contributed by atoms with E-state index in [1.807, 2.05) is 0 Å². The summed E-state index contributed by atoms with van der Waals surface area (Å²) in [6.07, 6.45) is 9.37. The first kappa shape index (κ1) is 16.6. The summed E-state index contributed by atoms with van der Waals surface area (Å²) in [5.41, 5.74) is 0. The lowest BCUT2D eigenvalue weighted by Crippen LogP contribution is -2.52. The minimum atomic E-state index is -3.40. The second-order valence-electron chi connectivity index (χ2n) is 6.27. The van der Waals surface area contributed by atoms with Gasteiger partial charge in [0.2, 0.25) is 5.95 Å². The number of rotatable bonds is 4. The van der Waals surface area contributed by atoms with E-state index >= 15 is 0 Å². The van der Waals surface area contributed by atoms with Crippen molar-refractivity contribution in [3.63, 3.8) is 0 Å². The van der Waals surface area contributed by atoms with Gasteiger partial charge in [-0.25, -0.2) is 9.97 Å². The predicted octanol–water partition coefficient (Wildman–Crippen LogP) is 1.16. The Kier molecular flexibility index (Phi) is 5.45. The van der Waals surface area contributed by atoms with E-state index in [4.69, 9.17) is 0 Å². The molecule has 2 saturated heterocycles. The van der Waals surface area contributed by atoms with Crippen LogP contribution in [0.25, 0.3) is 0 Å². The second-order valence-corrected chi connectivity index (χ2v) is 7.97. The lowest BCUT2D eigenvalue weighted by atomic mass is 10.1. The minimum Gasteiger partial charge on any atom is -0.339 e. The Morgan fingerprint density at radius 1 is 1.00 bits per heavy atom. The van der Waals surface area contributed by atoms with Gasteiger partial charge in [0.25, 0.3) is 10.2 Å². The first-order valence-corrected chi connectivity index (χ1v) is 9.88. The van der Waals surface area contributed by atoms with Crippen molar-refractivity contribution < 1.29 is 8.42 Å². The van der Waals surface area contributed by atoms with E-state index in [1.54, 1.807) is 22.8 Å². The van der Waals surface area contributed by atoms with E-state index in [0.717, 1.165) is 45.1 Å². The summed E-state index contributed by atoms with van der Waals surface area (Å²) in [4.78, 5) is 10.6. The molecule has 2 aliphatic rings. The van der Waals surface area contributed by atoms with Crippen LogP contribution in [-0.2, 0) is 10.2 Å². The molecule has 3 rings (SSSR count). The minimum absolute atomic E-state index is 0.0826. The predicted molar refractivity (Wildman–Crippen MR) is 89.4 cm³/mol. The van der Waals surface area contributed by atoms with Gasteiger partial charge in [0.15, 0.2) is 0 Å². The highest BCUT2D eigenvalue weighted by Gasteiger charge is 2.29. The molecule has 3 heterocycles. The molecular weight excluding hydrogens is 314 g/mol. The van der Waals surface area contributed by atoms with Crippen molar-refractivity contribution in [1.29, 1.82) is 0 Å². The standard InChI is InChI=1S/C15H25N5O2S/c21-23(22,20-11-3-1-2-4-12-20)18-14-7-5-10-19(13-14)15-16-8-6-9-17-15/h6,8-9,14,18H,1-5,7,10-13H2/t14-/m0/s1. The van der Waals surface area contributed by atoms with Gasteiger partial charge in [-0.05, 0) is 31.7 Å². The molecule has 0 aromatic carbocycles. The number of hydrogen-bond acceptors (Lipinski definition) is 5. The molecule has 1 atom stereocenters. The maximum Gasteiger partial charge on any atom is 0.279 e. The zero-order valence-electron chi connectivity index (χ0n) is 13.4. The van der Waals surface area contributed by atoms with Gasteiger partial charge >= 0.3 is 0 Å². The van der Waals surface area contributed by atoms with Crippen molar-refractivity contribution >= 4 is 16.2 Å². The Bertz CT molecular complexity index is 587. The Morgan fingerprint density at radius 3 is 2.39 bits per heavy atom. The number of hydrogen-bond donors (Lipinski definition) is 1. The first-order chi connectivity index (χ1) is 11.1. The number of anilines is 1. The van der Waals surface area contributed by atoms with Crippen LogP contribution in [0.4, 0.5) is 5.95 Å². The number of nitrogens with zero attached hydrogens (tertiary/aromatic N) is 4. The number of nitrogens with one attached hydrogen (secondary N) is 1. The van der Waals surface area contributed by atoms with Crippen LogP contribution >= 0.6 is 0 Å². The third-order valence-corrected chi connectivity index (χ3v) is 6.15. The summed E-state index contributed by atoms with van der Waals surface area (Å²) in [5.74, 6) is 0.672. The number of aromatic nitrogens is 2. The van der Waals surface area contributed by atoms with Gasteiger partial charge in [0.05, 0.1) is 0 Å². The fraction of sp³-hybridized carbons (Fsp3) is 0.733. The molecule has 0 spiro atoms. The van der Waals surface area contributed by atoms with Gasteiger partial charge in [-0.1, -0.05) is 12.8 Å². The van der Waals surface area contributed by atoms with Gasteiger partial charge in [0, 0.05) is 44.6 Å². The summed E-state index contributed by atoms with van der Waals surface area (Å²) in [7, 11) is -3.40. The monoisotopic (exact) mass is 339 g/mol. The first-order valence-electron chi connectivity index (χ1n) is 8.44. The fourth-order valence-electron chi connectivity index (χ4n) is 3.28. The van der Waals surface area contributed by atoms with Crippen LogP contribution in [-0.4, -0.2) is 54.9 Å². The zero-order valence-corrected chi connectivity index (χ0v) is 14.2. The topological polar surface area (TPSA) is 78.4 Å². The van der Waals surface area contributed by atoms with Crippen LogP contribution in [0.1, 0.15) is 38.5 Å². The summed E-state index contributed by atoms with van der Waals surface area (Å²) in [6, 6.07) is 1.70. The second kappa shape index (κ2) is 7.55. The normalized spacial score (nSPS) is 24.3. The average Bonchev–Trinajstić information content (AvgIpc) is 2.85. The van der Waals surface area contributed by atoms with E-state index in [2.05, 4.69) is 19.6 Å². The smallest absolute Gasteiger partial charge is 0.279 e. The van der Waals surface area contributed by atoms with Crippen molar-refractivity contribution in [3.8, 4) is 0 Å². The number of piperidine rings is 1. The van der Waals surface area contributed by atoms with Crippen LogP contribution < -0.4 is 9.62 Å². The molecule has 23 heavy (non-hydrogen) atoms. The molecule has 0 amide bonds. The van der Waals surface area contributed by atoms with Crippen LogP contribution in [0.2, 0.25) is 0 Å². The van der Waals surface area contributed by atoms with Crippen LogP contribution in [0.5, 0.6) is 0 Å². The van der Waals surface area contributed by atoms with E-state index in [-0.39, 0.29) is 6.04 Å². The summed E-state index contributed by atoms with van der Waals surface area (Å²) >= 11 is 0. The van der Waals surface area contributed by atoms with E-state index < -0.39 is 10.2 Å². The fourth-order valence-corrected chi connectivity index (χ4v) is 4.78. The molecule has 7 nitrogen and oxygen atoms in total. The maximum absolute atomic E-state index is 12.6. The van der Waals surface area contributed by atoms with Crippen molar-refractivity contribution in [2.45, 2.75) is 44.6 Å². The van der Waals surface area contributed by atoms with Gasteiger partial charge < -0.3 is 4.90 Å². The average molecular weight is 339 g/mol. The molecule has 1 aromatic heterocycles. The molecule has 128 valence electrons. The van der Waals surface area contributed by atoms with Gasteiger partial charge in [-0.15, -0.1) is 0 Å². The molecule has 0 unspecified atom stereocenters. The highest BCUT2D eigenvalue weighted by atomic mass is 32.2. The van der Waals surface area contributed by atoms with Gasteiger partial charge in [0.1, 0.15) is 0 Å². The largest absolute Gasteiger partial charge is 0.339 e. The Hall–Kier alpha value is -1.25. The Morgan fingerprint density at radius 2 is 1.70 bits per heavy atom. The molecule has 0 bridgehead atoms. The molecule has 0 aliphatic carbocycles. The van der Waals surface area contributed by atoms with Crippen molar-refractivity contribution in [3.05, 3.63) is 18.5 Å². The van der Waals surface area contributed by atoms with E-state index in [0.29, 0.717) is 25.6 Å². The summed E-state index contributed by atoms with van der Waals surface area (Å²) in [5, 5.41) is 0. The summed E-state index contributed by atoms with van der Waals surface area (Å²) in [6.45, 7) is 2.75. The molecule has 1 N–H and O–H groups in total. The van der Waals surface area contributed by atoms with Crippen LogP contribution in [0.15, 0.2) is 18.5 Å². The molecule has 0 radical (unpaired) electrons. The highest BCUT2D eigenvalue weighted by molar-refractivity contribution is 7.87. The Labute approximate surface area is 138 Å². The zero-order chi connectivity index (χ0) is 16.1. The quantitative estimate of drug-likeness (QED) is 0.890. The molecule has 8 heteroatoms. The van der Waals surface area contributed by atoms with Crippen molar-refractivity contribution in [2.75, 3.05) is 31.1 Å². The molecular formula is C15H25N5O2S. The molecule has 0 saturated carbocycles. The third kappa shape index (κ3) is 4.39. The summed E-state index contributed by atoms with van der Waals surface area (Å²) < 4.78 is 29.7. The molecule has 1 aromatic rings. The molecule has 2 aliphatic heterocycles. The van der Waals surface area contributed by atoms with E-state index in [9.17, 15) is 8.42 Å². The molecule has 2 fully saturated rings. The van der Waals surface area contributed by atoms with Crippen LogP contribution in [0, 0.1) is 0 Å². The third-order valence-electron chi connectivity index (χ3n) is 4.48. The van der Waals surface area contributed by atoms with E-state index in [1.165, 1.54) is 0 Å². The lowest BCUT2D eigenvalue weighted by molar-refractivity contribution is 0.394.